The summed E-state index contributed by atoms with van der Waals surface area (Å²) < 4.78 is 1.77. The van der Waals surface area contributed by atoms with Gasteiger partial charge in [-0.05, 0) is 25.3 Å². The highest BCUT2D eigenvalue weighted by atomic mass is 16.4. The molecule has 0 saturated carbocycles. The third-order valence-electron chi connectivity index (χ3n) is 2.49. The largest absolute Gasteiger partial charge is 0.481 e. The van der Waals surface area contributed by atoms with Crippen LogP contribution in [0.3, 0.4) is 0 Å². The van der Waals surface area contributed by atoms with E-state index >= 15 is 0 Å². The predicted molar refractivity (Wildman–Crippen MR) is 69.9 cm³/mol. The van der Waals surface area contributed by atoms with E-state index in [1.54, 1.807) is 10.9 Å². The zero-order valence-electron chi connectivity index (χ0n) is 11.1. The first-order valence-electron chi connectivity index (χ1n) is 6.30. The summed E-state index contributed by atoms with van der Waals surface area (Å²) in [4.78, 5) is 21.6. The summed E-state index contributed by atoms with van der Waals surface area (Å²) in [6.45, 7) is 3.57. The molecule has 0 saturated heterocycles. The molecule has 19 heavy (non-hydrogen) atoms. The first-order chi connectivity index (χ1) is 9.08. The molecule has 0 aliphatic carbocycles. The van der Waals surface area contributed by atoms with Crippen LogP contribution in [0.2, 0.25) is 0 Å². The lowest BCUT2D eigenvalue weighted by Gasteiger charge is -2.07. The standard InChI is InChI=1S/C12H20N4O3/c1-10-8-15-16(9-10)7-6-14-12(19)13-5-3-2-4-11(17)18/h8-9H,2-7H2,1H3,(H,17,18)(H2,13,14,19). The first kappa shape index (κ1) is 15.0. The molecule has 7 nitrogen and oxygen atoms in total. The number of amides is 2. The zero-order valence-corrected chi connectivity index (χ0v) is 11.1. The monoisotopic (exact) mass is 268 g/mol. The molecule has 0 fully saturated rings. The van der Waals surface area contributed by atoms with Crippen LogP contribution in [0.4, 0.5) is 4.79 Å². The van der Waals surface area contributed by atoms with E-state index in [1.807, 2.05) is 13.1 Å². The van der Waals surface area contributed by atoms with Crippen LogP contribution in [0, 0.1) is 6.92 Å². The number of hydrogen-bond acceptors (Lipinski definition) is 3. The summed E-state index contributed by atoms with van der Waals surface area (Å²) >= 11 is 0. The number of carboxylic acids is 1. The number of carbonyl (C=O) groups excluding carboxylic acids is 1. The Bertz CT molecular complexity index is 417. The molecule has 106 valence electrons. The third kappa shape index (κ3) is 7.07. The molecule has 0 bridgehead atoms. The number of carbonyl (C=O) groups is 2. The Balaban J connectivity index is 2.00. The fourth-order valence-electron chi connectivity index (χ4n) is 1.54. The molecule has 0 unspecified atom stereocenters. The van der Waals surface area contributed by atoms with Crippen LogP contribution in [0.25, 0.3) is 0 Å². The molecule has 0 radical (unpaired) electrons. The Hall–Kier alpha value is -2.05. The van der Waals surface area contributed by atoms with Crippen molar-refractivity contribution in [2.24, 2.45) is 0 Å². The molecule has 3 N–H and O–H groups in total. The highest BCUT2D eigenvalue weighted by molar-refractivity contribution is 5.73. The van der Waals surface area contributed by atoms with Gasteiger partial charge in [0.25, 0.3) is 0 Å². The number of rotatable bonds is 8. The minimum atomic E-state index is -0.807. The van der Waals surface area contributed by atoms with Crippen LogP contribution < -0.4 is 10.6 Å². The van der Waals surface area contributed by atoms with Gasteiger partial charge in [-0.3, -0.25) is 9.48 Å². The molecular weight excluding hydrogens is 248 g/mol. The molecule has 0 aliphatic rings. The summed E-state index contributed by atoms with van der Waals surface area (Å²) in [6, 6.07) is -0.237. The maximum absolute atomic E-state index is 11.4. The van der Waals surface area contributed by atoms with Crippen LogP contribution in [-0.4, -0.2) is 40.0 Å². The molecule has 1 aromatic heterocycles. The second-order valence-corrected chi connectivity index (χ2v) is 4.31. The van der Waals surface area contributed by atoms with Crippen molar-refractivity contribution in [1.29, 1.82) is 0 Å². The topological polar surface area (TPSA) is 96.3 Å². The van der Waals surface area contributed by atoms with Gasteiger partial charge in [0.15, 0.2) is 0 Å². The third-order valence-corrected chi connectivity index (χ3v) is 2.49. The van der Waals surface area contributed by atoms with Crippen LogP contribution >= 0.6 is 0 Å². The predicted octanol–water partition coefficient (Wildman–Crippen LogP) is 0.746. The Labute approximate surface area is 112 Å². The van der Waals surface area contributed by atoms with Crippen LogP contribution in [-0.2, 0) is 11.3 Å². The number of nitrogens with one attached hydrogen (secondary N) is 2. The summed E-state index contributed by atoms with van der Waals surface area (Å²) in [7, 11) is 0. The molecule has 1 rings (SSSR count). The highest BCUT2D eigenvalue weighted by Crippen LogP contribution is 1.94. The number of hydrogen-bond donors (Lipinski definition) is 3. The maximum Gasteiger partial charge on any atom is 0.314 e. The molecule has 2 amide bonds. The second kappa shape index (κ2) is 8.12. The van der Waals surface area contributed by atoms with Crippen molar-refractivity contribution < 1.29 is 14.7 Å². The van der Waals surface area contributed by atoms with Crippen LogP contribution in [0.15, 0.2) is 12.4 Å². The zero-order chi connectivity index (χ0) is 14.1. The van der Waals surface area contributed by atoms with Crippen molar-refractivity contribution in [2.75, 3.05) is 13.1 Å². The molecule has 7 heteroatoms. The van der Waals surface area contributed by atoms with Crippen LogP contribution in [0.5, 0.6) is 0 Å². The van der Waals surface area contributed by atoms with E-state index in [4.69, 9.17) is 5.11 Å². The van der Waals surface area contributed by atoms with E-state index in [9.17, 15) is 9.59 Å². The first-order valence-corrected chi connectivity index (χ1v) is 6.30. The fraction of sp³-hybridized carbons (Fsp3) is 0.583. The van der Waals surface area contributed by atoms with Gasteiger partial charge in [-0.25, -0.2) is 4.79 Å². The number of aryl methyl sites for hydroxylation is 1. The van der Waals surface area contributed by atoms with Crippen molar-refractivity contribution in [3.8, 4) is 0 Å². The molecule has 0 spiro atoms. The average Bonchev–Trinajstić information content (AvgIpc) is 2.74. The minimum absolute atomic E-state index is 0.141. The van der Waals surface area contributed by atoms with Gasteiger partial charge in [0.2, 0.25) is 0 Å². The van der Waals surface area contributed by atoms with E-state index in [-0.39, 0.29) is 12.5 Å². The van der Waals surface area contributed by atoms with E-state index in [0.29, 0.717) is 32.5 Å². The molecular formula is C12H20N4O3. The number of unbranched alkanes of at least 4 members (excludes halogenated alkanes) is 1. The lowest BCUT2D eigenvalue weighted by atomic mass is 10.2. The number of aromatic nitrogens is 2. The van der Waals surface area contributed by atoms with Gasteiger partial charge in [-0.1, -0.05) is 0 Å². The number of carboxylic acid groups (broad SMARTS) is 1. The van der Waals surface area contributed by atoms with Gasteiger partial charge in [0, 0.05) is 25.7 Å². The maximum atomic E-state index is 11.4. The SMILES string of the molecule is Cc1cnn(CCNC(=O)NCCCCC(=O)O)c1. The molecule has 0 aromatic carbocycles. The fourth-order valence-corrected chi connectivity index (χ4v) is 1.54. The van der Waals surface area contributed by atoms with Crippen molar-refractivity contribution in [2.45, 2.75) is 32.7 Å². The van der Waals surface area contributed by atoms with Crippen LogP contribution in [0.1, 0.15) is 24.8 Å². The second-order valence-electron chi connectivity index (χ2n) is 4.31. The molecule has 1 aromatic rings. The van der Waals surface area contributed by atoms with Gasteiger partial charge in [-0.2, -0.15) is 5.10 Å². The lowest BCUT2D eigenvalue weighted by Crippen LogP contribution is -2.37. The van der Waals surface area contributed by atoms with Crippen molar-refractivity contribution in [3.05, 3.63) is 18.0 Å². The van der Waals surface area contributed by atoms with Gasteiger partial charge >= 0.3 is 12.0 Å². The lowest BCUT2D eigenvalue weighted by molar-refractivity contribution is -0.137. The summed E-state index contributed by atoms with van der Waals surface area (Å²) in [5.41, 5.74) is 1.09. The van der Waals surface area contributed by atoms with Gasteiger partial charge in [0.05, 0.1) is 12.7 Å². The van der Waals surface area contributed by atoms with Gasteiger partial charge < -0.3 is 15.7 Å². The number of aliphatic carboxylic acids is 1. The van der Waals surface area contributed by atoms with E-state index < -0.39 is 5.97 Å². The van der Waals surface area contributed by atoms with Crippen molar-refractivity contribution in [1.82, 2.24) is 20.4 Å². The number of urea groups is 1. The molecule has 1 heterocycles. The van der Waals surface area contributed by atoms with E-state index in [1.165, 1.54) is 0 Å². The normalized spacial score (nSPS) is 10.2. The summed E-state index contributed by atoms with van der Waals surface area (Å²) in [5, 5.41) is 17.9. The van der Waals surface area contributed by atoms with Crippen molar-refractivity contribution in [3.63, 3.8) is 0 Å². The van der Waals surface area contributed by atoms with E-state index in [2.05, 4.69) is 15.7 Å². The molecule has 0 aliphatic heterocycles. The Morgan fingerprint density at radius 1 is 1.32 bits per heavy atom. The highest BCUT2D eigenvalue weighted by Gasteiger charge is 2.00. The Morgan fingerprint density at radius 3 is 2.68 bits per heavy atom. The molecule has 0 atom stereocenters. The van der Waals surface area contributed by atoms with Crippen molar-refractivity contribution >= 4 is 12.0 Å². The Kier molecular flexibility index (Phi) is 6.42. The van der Waals surface area contributed by atoms with Gasteiger partial charge in [0.1, 0.15) is 0 Å². The summed E-state index contributed by atoms with van der Waals surface area (Å²) in [6.07, 6.45) is 5.05. The Morgan fingerprint density at radius 2 is 2.05 bits per heavy atom. The minimum Gasteiger partial charge on any atom is -0.481 e. The summed E-state index contributed by atoms with van der Waals surface area (Å²) in [5.74, 6) is -0.807. The average molecular weight is 268 g/mol. The van der Waals surface area contributed by atoms with E-state index in [0.717, 1.165) is 5.56 Å². The quantitative estimate of drug-likeness (QED) is 0.606. The van der Waals surface area contributed by atoms with Gasteiger partial charge in [-0.15, -0.1) is 0 Å². The smallest absolute Gasteiger partial charge is 0.314 e. The number of nitrogens with zero attached hydrogens (tertiary/aromatic N) is 2.